The summed E-state index contributed by atoms with van der Waals surface area (Å²) in [5.74, 6) is -1.64. The average molecular weight is 283 g/mol. The molecule has 0 aliphatic heterocycles. The first kappa shape index (κ1) is 14.0. The Bertz CT molecular complexity index is 599. The van der Waals surface area contributed by atoms with Crippen molar-refractivity contribution in [3.8, 4) is 0 Å². The van der Waals surface area contributed by atoms with Crippen LogP contribution in [0.1, 0.15) is 18.5 Å². The Labute approximate surface area is 113 Å². The van der Waals surface area contributed by atoms with Crippen molar-refractivity contribution >= 4 is 11.8 Å². The van der Waals surface area contributed by atoms with E-state index in [2.05, 4.69) is 0 Å². The molecule has 0 bridgehead atoms. The van der Waals surface area contributed by atoms with Crippen molar-refractivity contribution in [2.75, 3.05) is 0 Å². The minimum absolute atomic E-state index is 0.0486. The highest BCUT2D eigenvalue weighted by atomic mass is 32.2. The summed E-state index contributed by atoms with van der Waals surface area (Å²) >= 11 is 0.845. The monoisotopic (exact) mass is 283 g/mol. The molecule has 0 aliphatic rings. The van der Waals surface area contributed by atoms with Crippen molar-refractivity contribution < 1.29 is 13.2 Å². The van der Waals surface area contributed by atoms with Gasteiger partial charge in [0.25, 0.3) is 0 Å². The van der Waals surface area contributed by atoms with Gasteiger partial charge in [-0.2, -0.15) is 0 Å². The van der Waals surface area contributed by atoms with Crippen molar-refractivity contribution in [3.63, 3.8) is 0 Å². The summed E-state index contributed by atoms with van der Waals surface area (Å²) in [6, 6.07) is 7.31. The molecule has 19 heavy (non-hydrogen) atoms. The molecule has 0 unspecified atom stereocenters. The van der Waals surface area contributed by atoms with Gasteiger partial charge in [-0.3, -0.25) is 0 Å². The lowest BCUT2D eigenvalue weighted by Crippen LogP contribution is -2.05. The normalized spacial score (nSPS) is 12.5. The zero-order valence-electron chi connectivity index (χ0n) is 10.2. The lowest BCUT2D eigenvalue weighted by molar-refractivity contribution is 0.575. The number of benzene rings is 2. The fourth-order valence-corrected chi connectivity index (χ4v) is 2.42. The number of hydrogen-bond acceptors (Lipinski definition) is 2. The van der Waals surface area contributed by atoms with Gasteiger partial charge in [0.1, 0.15) is 17.5 Å². The molecule has 0 amide bonds. The highest BCUT2D eigenvalue weighted by molar-refractivity contribution is 7.99. The van der Waals surface area contributed by atoms with Crippen LogP contribution in [0.3, 0.4) is 0 Å². The summed E-state index contributed by atoms with van der Waals surface area (Å²) in [7, 11) is 0. The van der Waals surface area contributed by atoms with E-state index >= 15 is 0 Å². The maximum absolute atomic E-state index is 13.8. The van der Waals surface area contributed by atoms with Crippen molar-refractivity contribution in [2.45, 2.75) is 22.8 Å². The molecule has 2 rings (SSSR count). The van der Waals surface area contributed by atoms with E-state index in [1.165, 1.54) is 12.1 Å². The first-order valence-electron chi connectivity index (χ1n) is 5.65. The molecule has 2 N–H and O–H groups in total. The fourth-order valence-electron chi connectivity index (χ4n) is 1.56. The molecule has 0 spiro atoms. The molecule has 0 saturated heterocycles. The number of nitrogens with two attached hydrogens (primary N) is 1. The SMILES string of the molecule is C[C@@H](N)c1ccc(Sc2cc(F)ccc2F)c(F)c1. The maximum Gasteiger partial charge on any atom is 0.137 e. The van der Waals surface area contributed by atoms with Crippen LogP contribution in [0.2, 0.25) is 0 Å². The van der Waals surface area contributed by atoms with Crippen LogP contribution in [0.25, 0.3) is 0 Å². The summed E-state index contributed by atoms with van der Waals surface area (Å²) < 4.78 is 40.3. The summed E-state index contributed by atoms with van der Waals surface area (Å²) in [5, 5.41) is 0. The van der Waals surface area contributed by atoms with E-state index in [9.17, 15) is 13.2 Å². The summed E-state index contributed by atoms with van der Waals surface area (Å²) in [5.41, 5.74) is 6.30. The maximum atomic E-state index is 13.8. The van der Waals surface area contributed by atoms with Gasteiger partial charge >= 0.3 is 0 Å². The second-order valence-electron chi connectivity index (χ2n) is 4.16. The lowest BCUT2D eigenvalue weighted by Gasteiger charge is -2.09. The molecule has 1 atom stereocenters. The molecule has 0 saturated carbocycles. The molecular weight excluding hydrogens is 271 g/mol. The van der Waals surface area contributed by atoms with Crippen molar-refractivity contribution in [1.82, 2.24) is 0 Å². The van der Waals surface area contributed by atoms with Crippen LogP contribution in [0.5, 0.6) is 0 Å². The minimum Gasteiger partial charge on any atom is -0.324 e. The van der Waals surface area contributed by atoms with Crippen LogP contribution < -0.4 is 5.73 Å². The van der Waals surface area contributed by atoms with Crippen molar-refractivity contribution in [3.05, 3.63) is 59.4 Å². The van der Waals surface area contributed by atoms with Crippen LogP contribution >= 0.6 is 11.8 Å². The van der Waals surface area contributed by atoms with Crippen LogP contribution in [-0.2, 0) is 0 Å². The van der Waals surface area contributed by atoms with Gasteiger partial charge in [0.15, 0.2) is 0 Å². The Hall–Kier alpha value is -1.46. The first-order chi connectivity index (χ1) is 8.97. The van der Waals surface area contributed by atoms with Crippen molar-refractivity contribution in [1.29, 1.82) is 0 Å². The molecule has 2 aromatic rings. The Balaban J connectivity index is 2.31. The van der Waals surface area contributed by atoms with Gasteiger partial charge in [0.2, 0.25) is 0 Å². The molecule has 0 heterocycles. The fraction of sp³-hybridized carbons (Fsp3) is 0.143. The van der Waals surface area contributed by atoms with Crippen LogP contribution in [0.4, 0.5) is 13.2 Å². The number of hydrogen-bond donors (Lipinski definition) is 1. The number of rotatable bonds is 3. The average Bonchev–Trinajstić information content (AvgIpc) is 2.36. The molecule has 0 fully saturated rings. The van der Waals surface area contributed by atoms with Gasteiger partial charge in [0, 0.05) is 10.9 Å². The molecule has 1 nitrogen and oxygen atoms in total. The summed E-state index contributed by atoms with van der Waals surface area (Å²) in [4.78, 5) is 0.279. The Kier molecular flexibility index (Phi) is 4.17. The highest BCUT2D eigenvalue weighted by Crippen LogP contribution is 2.33. The van der Waals surface area contributed by atoms with E-state index in [-0.39, 0.29) is 15.8 Å². The van der Waals surface area contributed by atoms with Gasteiger partial charge in [-0.05, 0) is 42.8 Å². The van der Waals surface area contributed by atoms with Crippen LogP contribution in [0, 0.1) is 17.5 Å². The molecule has 0 radical (unpaired) electrons. The Morgan fingerprint density at radius 2 is 1.68 bits per heavy atom. The van der Waals surface area contributed by atoms with E-state index in [0.717, 1.165) is 30.0 Å². The van der Waals surface area contributed by atoms with Crippen LogP contribution in [-0.4, -0.2) is 0 Å². The predicted octanol–water partition coefficient (Wildman–Crippen LogP) is 4.27. The zero-order valence-corrected chi connectivity index (χ0v) is 11.0. The summed E-state index contributed by atoms with van der Waals surface area (Å²) in [6.45, 7) is 1.74. The molecule has 0 aromatic heterocycles. The van der Waals surface area contributed by atoms with Gasteiger partial charge < -0.3 is 5.73 Å². The van der Waals surface area contributed by atoms with Crippen LogP contribution in [0.15, 0.2) is 46.2 Å². The van der Waals surface area contributed by atoms with Gasteiger partial charge in [-0.25, -0.2) is 13.2 Å². The van der Waals surface area contributed by atoms with E-state index in [4.69, 9.17) is 5.73 Å². The Morgan fingerprint density at radius 1 is 0.947 bits per heavy atom. The predicted molar refractivity (Wildman–Crippen MR) is 69.5 cm³/mol. The lowest BCUT2D eigenvalue weighted by atomic mass is 10.1. The third-order valence-electron chi connectivity index (χ3n) is 2.59. The highest BCUT2D eigenvalue weighted by Gasteiger charge is 2.11. The molecule has 2 aromatic carbocycles. The van der Waals surface area contributed by atoms with E-state index in [1.807, 2.05) is 0 Å². The Morgan fingerprint density at radius 3 is 2.32 bits per heavy atom. The quantitative estimate of drug-likeness (QED) is 0.910. The third kappa shape index (κ3) is 3.30. The van der Waals surface area contributed by atoms with Gasteiger partial charge in [-0.1, -0.05) is 17.8 Å². The van der Waals surface area contributed by atoms with Crippen molar-refractivity contribution in [2.24, 2.45) is 5.73 Å². The van der Waals surface area contributed by atoms with E-state index < -0.39 is 17.5 Å². The minimum atomic E-state index is -0.581. The molecule has 0 aliphatic carbocycles. The van der Waals surface area contributed by atoms with E-state index in [0.29, 0.717) is 5.56 Å². The van der Waals surface area contributed by atoms with Gasteiger partial charge in [-0.15, -0.1) is 0 Å². The van der Waals surface area contributed by atoms with Gasteiger partial charge in [0.05, 0.1) is 4.90 Å². The first-order valence-corrected chi connectivity index (χ1v) is 6.47. The topological polar surface area (TPSA) is 26.0 Å². The van der Waals surface area contributed by atoms with E-state index in [1.54, 1.807) is 13.0 Å². The second-order valence-corrected chi connectivity index (χ2v) is 5.24. The molecular formula is C14H12F3NS. The molecule has 5 heteroatoms. The standard InChI is InChI=1S/C14H12F3NS/c1-8(18)9-2-5-13(12(17)6-9)19-14-7-10(15)3-4-11(14)16/h2-8H,18H2,1H3/t8-/m1/s1. The third-order valence-corrected chi connectivity index (χ3v) is 3.68. The summed E-state index contributed by atoms with van der Waals surface area (Å²) in [6.07, 6.45) is 0. The second kappa shape index (κ2) is 5.67. The zero-order chi connectivity index (χ0) is 14.0. The largest absolute Gasteiger partial charge is 0.324 e. The smallest absolute Gasteiger partial charge is 0.137 e. The molecule has 100 valence electrons. The number of halogens is 3.